The lowest BCUT2D eigenvalue weighted by Gasteiger charge is -2.40. The summed E-state index contributed by atoms with van der Waals surface area (Å²) in [7, 11) is 0. The van der Waals surface area contributed by atoms with Gasteiger partial charge in [0.1, 0.15) is 28.8 Å². The molecule has 1 amide bonds. The molecule has 1 N–H and O–H groups in total. The first-order valence-electron chi connectivity index (χ1n) is 11.9. The molecule has 0 unspecified atom stereocenters. The maximum atomic E-state index is 12.6. The van der Waals surface area contributed by atoms with Crippen LogP contribution in [0.5, 0.6) is 5.75 Å². The predicted molar refractivity (Wildman–Crippen MR) is 138 cm³/mol. The summed E-state index contributed by atoms with van der Waals surface area (Å²) in [5.41, 5.74) is 3.21. The maximum Gasteiger partial charge on any atom is 0.410 e. The summed E-state index contributed by atoms with van der Waals surface area (Å²) in [5.74, 6) is 1.35. The number of aryl methyl sites for hydroxylation is 1. The number of amides is 1. The Morgan fingerprint density at radius 2 is 2.03 bits per heavy atom. The van der Waals surface area contributed by atoms with E-state index in [1.54, 1.807) is 4.90 Å². The van der Waals surface area contributed by atoms with Gasteiger partial charge in [-0.05, 0) is 45.2 Å². The lowest BCUT2D eigenvalue weighted by atomic mass is 10.0. The minimum absolute atomic E-state index is 0.0160. The van der Waals surface area contributed by atoms with Gasteiger partial charge in [0.2, 0.25) is 0 Å². The van der Waals surface area contributed by atoms with Crippen LogP contribution in [0.25, 0.3) is 0 Å². The van der Waals surface area contributed by atoms with Gasteiger partial charge in [0.05, 0.1) is 23.0 Å². The van der Waals surface area contributed by atoms with Gasteiger partial charge in [-0.25, -0.2) is 9.78 Å². The van der Waals surface area contributed by atoms with Crippen LogP contribution in [0.3, 0.4) is 0 Å². The molecule has 0 aliphatic carbocycles. The quantitative estimate of drug-likeness (QED) is 0.513. The number of fused-ring (bicyclic) bond motifs is 2. The van der Waals surface area contributed by atoms with E-state index >= 15 is 0 Å². The van der Waals surface area contributed by atoms with Crippen LogP contribution in [0.1, 0.15) is 57.4 Å². The highest BCUT2D eigenvalue weighted by Crippen LogP contribution is 2.42. The Morgan fingerprint density at radius 1 is 1.29 bits per heavy atom. The number of hydrogen-bond acceptors (Lipinski definition) is 7. The van der Waals surface area contributed by atoms with E-state index in [4.69, 9.17) is 32.7 Å². The number of rotatable bonds is 3. The summed E-state index contributed by atoms with van der Waals surface area (Å²) < 4.78 is 11.8. The van der Waals surface area contributed by atoms with Crippen molar-refractivity contribution in [3.8, 4) is 5.75 Å². The summed E-state index contributed by atoms with van der Waals surface area (Å²) in [5, 5.41) is 3.96. The van der Waals surface area contributed by atoms with E-state index in [1.165, 1.54) is 0 Å². The van der Waals surface area contributed by atoms with Crippen molar-refractivity contribution in [2.45, 2.75) is 65.6 Å². The average molecular weight is 522 g/mol. The lowest BCUT2D eigenvalue weighted by molar-refractivity contribution is -0.00153. The van der Waals surface area contributed by atoms with Gasteiger partial charge in [0, 0.05) is 32.4 Å². The number of aromatic nitrogens is 2. The highest BCUT2D eigenvalue weighted by Gasteiger charge is 2.36. The zero-order valence-corrected chi connectivity index (χ0v) is 22.6. The fourth-order valence-corrected chi connectivity index (χ4v) is 4.76. The van der Waals surface area contributed by atoms with E-state index in [0.29, 0.717) is 49.4 Å². The van der Waals surface area contributed by atoms with Crippen molar-refractivity contribution < 1.29 is 14.3 Å². The second kappa shape index (κ2) is 9.99. The first-order valence-corrected chi connectivity index (χ1v) is 12.7. The summed E-state index contributed by atoms with van der Waals surface area (Å²) in [6.07, 6.45) is 1.51. The fourth-order valence-electron chi connectivity index (χ4n) is 4.38. The highest BCUT2D eigenvalue weighted by molar-refractivity contribution is 6.42. The van der Waals surface area contributed by atoms with E-state index in [-0.39, 0.29) is 23.2 Å². The Balaban J connectivity index is 1.63. The Kier molecular flexibility index (Phi) is 7.36. The first kappa shape index (κ1) is 25.8. The third-order valence-electron chi connectivity index (χ3n) is 6.17. The molecule has 35 heavy (non-hydrogen) atoms. The zero-order chi connectivity index (χ0) is 25.5. The van der Waals surface area contributed by atoms with Crippen LogP contribution >= 0.6 is 23.2 Å². The molecule has 10 heteroatoms. The summed E-state index contributed by atoms with van der Waals surface area (Å²) >= 11 is 13.0. The van der Waals surface area contributed by atoms with Crippen LogP contribution < -0.4 is 10.1 Å². The molecule has 0 saturated carbocycles. The molecule has 0 aromatic carbocycles. The van der Waals surface area contributed by atoms with Crippen LogP contribution in [0.15, 0.2) is 12.3 Å². The normalized spacial score (nSPS) is 18.4. The molecule has 1 saturated heterocycles. The minimum Gasteiger partial charge on any atom is -0.490 e. The first-order chi connectivity index (χ1) is 16.4. The number of piperazine rings is 1. The van der Waals surface area contributed by atoms with E-state index in [2.05, 4.69) is 34.0 Å². The van der Waals surface area contributed by atoms with Crippen molar-refractivity contribution in [2.75, 3.05) is 31.6 Å². The molecule has 4 heterocycles. The maximum absolute atomic E-state index is 12.6. The molecule has 4 rings (SSSR count). The monoisotopic (exact) mass is 521 g/mol. The van der Waals surface area contributed by atoms with Gasteiger partial charge >= 0.3 is 6.09 Å². The molecule has 190 valence electrons. The van der Waals surface area contributed by atoms with Crippen LogP contribution in [-0.2, 0) is 11.3 Å². The van der Waals surface area contributed by atoms with Gasteiger partial charge in [-0.3, -0.25) is 9.88 Å². The molecular formula is C25H33Cl2N5O3. The number of carbonyl (C=O) groups excluding carboxylic acids is 1. The molecule has 2 aliphatic heterocycles. The number of ether oxygens (including phenoxy) is 2. The molecule has 8 nitrogen and oxygen atoms in total. The molecule has 0 radical (unpaired) electrons. The SMILES string of the molecule is Cc1ccnc(C(C)C)c1Nc1nc(Cl)c(Cl)c2c1CN1CCN(C(=O)OC(C)(C)C)C[C@@H]1CO2. The second-order valence-corrected chi connectivity index (χ2v) is 11.1. The summed E-state index contributed by atoms with van der Waals surface area (Å²) in [6, 6.07) is 1.95. The van der Waals surface area contributed by atoms with Gasteiger partial charge in [0.15, 0.2) is 5.15 Å². The van der Waals surface area contributed by atoms with Gasteiger partial charge in [-0.15, -0.1) is 0 Å². The number of carbonyl (C=O) groups is 1. The van der Waals surface area contributed by atoms with Gasteiger partial charge < -0.3 is 19.7 Å². The standard InChI is InChI=1S/C25H33Cl2N5O3/c1-14(2)19-20(15(3)7-8-28-19)29-23-17-12-31-9-10-32(24(33)35-25(4,5)6)11-16(31)13-34-21(17)18(26)22(27)30-23/h7-8,14,16H,9-13H2,1-6H3,(H,29,30)/t16-/m1/s1. The number of hydrogen-bond donors (Lipinski definition) is 1. The highest BCUT2D eigenvalue weighted by atomic mass is 35.5. The van der Waals surface area contributed by atoms with Crippen LogP contribution in [0.4, 0.5) is 16.3 Å². The molecule has 0 spiro atoms. The summed E-state index contributed by atoms with van der Waals surface area (Å²) in [6.45, 7) is 14.5. The Hall–Kier alpha value is -2.29. The van der Waals surface area contributed by atoms with Gasteiger partial charge in [-0.2, -0.15) is 0 Å². The predicted octanol–water partition coefficient (Wildman–Crippen LogP) is 5.77. The van der Waals surface area contributed by atoms with Crippen molar-refractivity contribution in [3.63, 3.8) is 0 Å². The van der Waals surface area contributed by atoms with Crippen molar-refractivity contribution in [3.05, 3.63) is 39.3 Å². The lowest BCUT2D eigenvalue weighted by Crippen LogP contribution is -2.56. The van der Waals surface area contributed by atoms with Crippen LogP contribution in [0, 0.1) is 6.92 Å². The van der Waals surface area contributed by atoms with Crippen LogP contribution in [0.2, 0.25) is 10.2 Å². The fraction of sp³-hybridized carbons (Fsp3) is 0.560. The van der Waals surface area contributed by atoms with E-state index in [1.807, 2.05) is 40.0 Å². The van der Waals surface area contributed by atoms with E-state index < -0.39 is 5.60 Å². The third kappa shape index (κ3) is 5.60. The van der Waals surface area contributed by atoms with E-state index in [9.17, 15) is 4.79 Å². The van der Waals surface area contributed by atoms with Crippen molar-refractivity contribution in [2.24, 2.45) is 0 Å². The number of nitrogens with zero attached hydrogens (tertiary/aromatic N) is 4. The van der Waals surface area contributed by atoms with Gasteiger partial charge in [0.25, 0.3) is 0 Å². The topological polar surface area (TPSA) is 79.8 Å². The average Bonchev–Trinajstić information content (AvgIpc) is 2.96. The molecule has 2 aromatic rings. The molecule has 1 fully saturated rings. The Bertz CT molecular complexity index is 1120. The number of pyridine rings is 2. The largest absolute Gasteiger partial charge is 0.490 e. The Labute approximate surface area is 216 Å². The van der Waals surface area contributed by atoms with E-state index in [0.717, 1.165) is 22.5 Å². The van der Waals surface area contributed by atoms with Crippen molar-refractivity contribution in [1.82, 2.24) is 19.8 Å². The van der Waals surface area contributed by atoms with Gasteiger partial charge in [-0.1, -0.05) is 37.0 Å². The zero-order valence-electron chi connectivity index (χ0n) is 21.1. The smallest absolute Gasteiger partial charge is 0.410 e. The van der Waals surface area contributed by atoms with Crippen molar-refractivity contribution >= 4 is 40.8 Å². The number of anilines is 2. The third-order valence-corrected chi connectivity index (χ3v) is 6.89. The summed E-state index contributed by atoms with van der Waals surface area (Å²) in [4.78, 5) is 25.9. The minimum atomic E-state index is -0.541. The molecule has 0 bridgehead atoms. The second-order valence-electron chi connectivity index (χ2n) is 10.4. The molecule has 1 atom stereocenters. The number of nitrogens with one attached hydrogen (secondary N) is 1. The molecule has 2 aromatic heterocycles. The van der Waals surface area contributed by atoms with Crippen LogP contribution in [-0.4, -0.2) is 63.7 Å². The van der Waals surface area contributed by atoms with Crippen molar-refractivity contribution in [1.29, 1.82) is 0 Å². The Morgan fingerprint density at radius 3 is 2.71 bits per heavy atom. The molecule has 2 aliphatic rings. The number of halogens is 2. The molecular weight excluding hydrogens is 489 g/mol.